The molecule has 0 bridgehead atoms. The van der Waals surface area contributed by atoms with Gasteiger partial charge in [-0.2, -0.15) is 0 Å². The minimum Gasteiger partial charge on any atom is -0.333 e. The number of benzene rings is 1. The molecular formula is C25H36N4O4. The maximum atomic E-state index is 13.0. The van der Waals surface area contributed by atoms with E-state index in [0.29, 0.717) is 30.6 Å². The van der Waals surface area contributed by atoms with E-state index < -0.39 is 11.9 Å². The number of carbonyl (C=O) groups is 3. The van der Waals surface area contributed by atoms with E-state index in [9.17, 15) is 14.4 Å². The van der Waals surface area contributed by atoms with Crippen molar-refractivity contribution in [2.24, 2.45) is 11.8 Å². The highest BCUT2D eigenvalue weighted by atomic mass is 16.5. The first-order chi connectivity index (χ1) is 15.8. The van der Waals surface area contributed by atoms with E-state index in [1.807, 2.05) is 36.4 Å². The summed E-state index contributed by atoms with van der Waals surface area (Å²) in [6, 6.07) is 14.6. The van der Waals surface area contributed by atoms with Crippen LogP contribution in [0.4, 0.5) is 5.82 Å². The van der Waals surface area contributed by atoms with Gasteiger partial charge in [-0.1, -0.05) is 57.2 Å². The minimum absolute atomic E-state index is 0.217. The van der Waals surface area contributed by atoms with Crippen molar-refractivity contribution in [2.75, 3.05) is 11.9 Å². The molecule has 0 spiro atoms. The van der Waals surface area contributed by atoms with Crippen molar-refractivity contribution in [1.82, 2.24) is 15.4 Å². The zero-order valence-electron chi connectivity index (χ0n) is 19.9. The number of pyridine rings is 1. The van der Waals surface area contributed by atoms with E-state index in [2.05, 4.69) is 31.1 Å². The third-order valence-corrected chi connectivity index (χ3v) is 4.94. The highest BCUT2D eigenvalue weighted by Gasteiger charge is 2.26. The molecule has 3 amide bonds. The molecule has 3 N–H and O–H groups in total. The molecule has 0 aliphatic carbocycles. The summed E-state index contributed by atoms with van der Waals surface area (Å²) in [7, 11) is 0. The highest BCUT2D eigenvalue weighted by molar-refractivity contribution is 5.95. The van der Waals surface area contributed by atoms with Crippen molar-refractivity contribution < 1.29 is 19.6 Å². The third kappa shape index (κ3) is 11.8. The van der Waals surface area contributed by atoms with E-state index in [0.717, 1.165) is 24.8 Å². The van der Waals surface area contributed by atoms with Crippen molar-refractivity contribution in [3.05, 3.63) is 60.3 Å². The highest BCUT2D eigenvalue weighted by Crippen LogP contribution is 2.17. The van der Waals surface area contributed by atoms with Gasteiger partial charge in [-0.15, -0.1) is 0 Å². The van der Waals surface area contributed by atoms with Crippen LogP contribution in [-0.2, 0) is 20.8 Å². The second-order valence-electron chi connectivity index (χ2n) is 8.44. The Morgan fingerprint density at radius 3 is 2.24 bits per heavy atom. The number of hydrogen-bond acceptors (Lipinski definition) is 5. The second kappa shape index (κ2) is 15.5. The molecule has 2 unspecified atom stereocenters. The van der Waals surface area contributed by atoms with E-state index in [1.54, 1.807) is 23.2 Å². The topological polar surface area (TPSA) is 112 Å². The van der Waals surface area contributed by atoms with Gasteiger partial charge in [-0.25, -0.2) is 10.5 Å². The van der Waals surface area contributed by atoms with Gasteiger partial charge < -0.3 is 10.2 Å². The van der Waals surface area contributed by atoms with Crippen molar-refractivity contribution in [3.63, 3.8) is 0 Å². The SMILES string of the molecule is CC(=O)NO.CC(C)CC(C)CCN(C=O)C(Cc1ccccc1)C(=O)Nc1ccccn1. The van der Waals surface area contributed by atoms with Gasteiger partial charge in [0.2, 0.25) is 18.2 Å². The van der Waals surface area contributed by atoms with E-state index >= 15 is 0 Å². The molecule has 1 aromatic carbocycles. The van der Waals surface area contributed by atoms with Gasteiger partial charge in [-0.05, 0) is 42.4 Å². The summed E-state index contributed by atoms with van der Waals surface area (Å²) in [5, 5.41) is 10.4. The van der Waals surface area contributed by atoms with Crippen LogP contribution in [-0.4, -0.2) is 45.9 Å². The van der Waals surface area contributed by atoms with Crippen LogP contribution in [0.2, 0.25) is 0 Å². The third-order valence-electron chi connectivity index (χ3n) is 4.94. The summed E-state index contributed by atoms with van der Waals surface area (Å²) in [4.78, 5) is 40.1. The summed E-state index contributed by atoms with van der Waals surface area (Å²) in [5.41, 5.74) is 2.41. The number of aromatic nitrogens is 1. The monoisotopic (exact) mass is 456 g/mol. The first-order valence-corrected chi connectivity index (χ1v) is 11.1. The van der Waals surface area contributed by atoms with Gasteiger partial charge in [0.25, 0.3) is 0 Å². The number of hydroxylamine groups is 1. The maximum Gasteiger partial charge on any atom is 0.248 e. The molecule has 0 saturated carbocycles. The fourth-order valence-electron chi connectivity index (χ4n) is 3.42. The number of anilines is 1. The van der Waals surface area contributed by atoms with E-state index in [4.69, 9.17) is 5.21 Å². The maximum absolute atomic E-state index is 13.0. The molecule has 0 radical (unpaired) electrons. The number of rotatable bonds is 11. The molecule has 0 aliphatic heterocycles. The summed E-state index contributed by atoms with van der Waals surface area (Å²) < 4.78 is 0. The predicted molar refractivity (Wildman–Crippen MR) is 128 cm³/mol. The molecule has 1 heterocycles. The van der Waals surface area contributed by atoms with Crippen LogP contribution in [0, 0.1) is 11.8 Å². The number of nitrogens with zero attached hydrogens (tertiary/aromatic N) is 2. The molecule has 2 aromatic rings. The lowest BCUT2D eigenvalue weighted by Gasteiger charge is -2.29. The zero-order chi connectivity index (χ0) is 24.6. The number of carbonyl (C=O) groups excluding carboxylic acids is 3. The smallest absolute Gasteiger partial charge is 0.248 e. The summed E-state index contributed by atoms with van der Waals surface area (Å²) >= 11 is 0. The number of nitrogens with one attached hydrogen (secondary N) is 2. The van der Waals surface area contributed by atoms with Gasteiger partial charge in [0.05, 0.1) is 0 Å². The van der Waals surface area contributed by atoms with Crippen molar-refractivity contribution in [2.45, 2.75) is 53.0 Å². The lowest BCUT2D eigenvalue weighted by Crippen LogP contribution is -2.45. The Hall–Kier alpha value is -3.26. The molecule has 8 heteroatoms. The lowest BCUT2D eigenvalue weighted by molar-refractivity contribution is -0.129. The Kier molecular flexibility index (Phi) is 13.1. The minimum atomic E-state index is -0.576. The van der Waals surface area contributed by atoms with Crippen molar-refractivity contribution >= 4 is 24.0 Å². The van der Waals surface area contributed by atoms with Crippen LogP contribution >= 0.6 is 0 Å². The van der Waals surface area contributed by atoms with Crippen LogP contribution in [0.1, 0.15) is 46.1 Å². The quantitative estimate of drug-likeness (QED) is 0.271. The van der Waals surface area contributed by atoms with Crippen LogP contribution < -0.4 is 10.8 Å². The number of amides is 3. The first-order valence-electron chi connectivity index (χ1n) is 11.1. The molecule has 180 valence electrons. The molecule has 33 heavy (non-hydrogen) atoms. The zero-order valence-corrected chi connectivity index (χ0v) is 19.9. The molecule has 2 rings (SSSR count). The first kappa shape index (κ1) is 27.8. The Bertz CT molecular complexity index is 831. The fourth-order valence-corrected chi connectivity index (χ4v) is 3.42. The van der Waals surface area contributed by atoms with Gasteiger partial charge in [0, 0.05) is 26.1 Å². The van der Waals surface area contributed by atoms with Gasteiger partial charge in [-0.3, -0.25) is 19.6 Å². The van der Waals surface area contributed by atoms with Crippen molar-refractivity contribution in [3.8, 4) is 0 Å². The average Bonchev–Trinajstić information content (AvgIpc) is 2.79. The predicted octanol–water partition coefficient (Wildman–Crippen LogP) is 3.67. The Labute approximate surface area is 196 Å². The summed E-state index contributed by atoms with van der Waals surface area (Å²) in [6.45, 7) is 8.38. The molecule has 2 atom stereocenters. The van der Waals surface area contributed by atoms with Crippen LogP contribution in [0.15, 0.2) is 54.7 Å². The largest absolute Gasteiger partial charge is 0.333 e. The number of hydrogen-bond donors (Lipinski definition) is 3. The van der Waals surface area contributed by atoms with Gasteiger partial charge in [0.15, 0.2) is 0 Å². The van der Waals surface area contributed by atoms with Gasteiger partial charge in [0.1, 0.15) is 11.9 Å². The van der Waals surface area contributed by atoms with Crippen LogP contribution in [0.5, 0.6) is 0 Å². The van der Waals surface area contributed by atoms with Gasteiger partial charge >= 0.3 is 0 Å². The lowest BCUT2D eigenvalue weighted by atomic mass is 9.95. The molecule has 8 nitrogen and oxygen atoms in total. The Morgan fingerprint density at radius 1 is 1.09 bits per heavy atom. The second-order valence-corrected chi connectivity index (χ2v) is 8.44. The van der Waals surface area contributed by atoms with Crippen LogP contribution in [0.25, 0.3) is 0 Å². The van der Waals surface area contributed by atoms with E-state index in [-0.39, 0.29) is 5.91 Å². The normalized spacial score (nSPS) is 12.1. The molecule has 0 aliphatic rings. The Morgan fingerprint density at radius 2 is 1.73 bits per heavy atom. The summed E-state index contributed by atoms with van der Waals surface area (Å²) in [6.07, 6.45) is 4.88. The molecular weight excluding hydrogens is 420 g/mol. The average molecular weight is 457 g/mol. The van der Waals surface area contributed by atoms with Crippen molar-refractivity contribution in [1.29, 1.82) is 0 Å². The fraction of sp³-hybridized carbons (Fsp3) is 0.440. The molecule has 0 saturated heterocycles. The van der Waals surface area contributed by atoms with E-state index in [1.165, 1.54) is 12.4 Å². The standard InChI is InChI=1S/C23H31N3O2.C2H5NO2/c1-18(2)15-19(3)12-14-26(17-27)21(16-20-9-5-4-6-10-20)23(28)25-22-11-7-8-13-24-22;1-2(4)3-5/h4-11,13,17-19,21H,12,14-16H2,1-3H3,(H,24,25,28);5H,1H3,(H,3,4). The molecule has 1 aromatic heterocycles. The Balaban J connectivity index is 0.000000981. The molecule has 0 fully saturated rings. The van der Waals surface area contributed by atoms with Crippen LogP contribution in [0.3, 0.4) is 0 Å². The summed E-state index contributed by atoms with van der Waals surface area (Å²) in [5.74, 6) is 0.951.